The first-order chi connectivity index (χ1) is 37.2. The van der Waals surface area contributed by atoms with Gasteiger partial charge in [0.05, 0.1) is 37.1 Å². The Morgan fingerprint density at radius 1 is 0.240 bits per heavy atom. The molecule has 28 aromatic carbocycles. The number of carbonyl (C=O) groups excluding carboxylic acids is 2. The van der Waals surface area contributed by atoms with E-state index in [2.05, 4.69) is 11.5 Å². The van der Waals surface area contributed by atoms with Crippen LogP contribution in [0.5, 0.6) is 0 Å². The Morgan fingerprint density at radius 3 is 0.507 bits per heavy atom. The Labute approximate surface area is 408 Å². The third-order valence-electron chi connectivity index (χ3n) is 26.2. The molecule has 28 aromatic rings. The van der Waals surface area contributed by atoms with E-state index >= 15 is 9.59 Å². The highest BCUT2D eigenvalue weighted by Crippen LogP contribution is 2.96. The van der Waals surface area contributed by atoms with Crippen molar-refractivity contribution in [3.05, 3.63) is 22.3 Å². The van der Waals surface area contributed by atoms with Crippen LogP contribution in [0.15, 0.2) is 0 Å². The van der Waals surface area contributed by atoms with Gasteiger partial charge in [0.15, 0.2) is 5.41 Å². The summed E-state index contributed by atoms with van der Waals surface area (Å²) in [5.41, 5.74) is 9.68. The fraction of sp³-hybridized carbons (Fsp3) is 0.130. The monoisotopic (exact) mass is 938 g/mol. The van der Waals surface area contributed by atoms with Crippen molar-refractivity contribution in [2.45, 2.75) is 23.7 Å². The predicted octanol–water partition coefficient (Wildman–Crippen LogP) is 13.6. The maximum absolute atomic E-state index is 17.0. The number of ether oxygens (including phenoxy) is 2. The molecule has 1 saturated carbocycles. The first-order valence-electron chi connectivity index (χ1n) is 27.9. The molecule has 0 aliphatic heterocycles. The molecule has 2 spiro atoms. The molecular formula is C69H18N2O4+2. The number of benzene rings is 18. The van der Waals surface area contributed by atoms with Crippen LogP contribution in [0.4, 0.5) is 0 Å². The summed E-state index contributed by atoms with van der Waals surface area (Å²) in [5.74, 6) is -0.767. The van der Waals surface area contributed by atoms with Crippen LogP contribution in [0.1, 0.15) is 35.1 Å². The van der Waals surface area contributed by atoms with E-state index in [1.165, 1.54) is 238 Å². The molecule has 5 aliphatic carbocycles. The topological polar surface area (TPSA) is 108 Å². The zero-order valence-electron chi connectivity index (χ0n) is 38.8. The van der Waals surface area contributed by atoms with Crippen LogP contribution in [0.25, 0.3) is 291 Å². The number of esters is 2. The maximum Gasteiger partial charge on any atom is 0.326 e. The summed E-state index contributed by atoms with van der Waals surface area (Å²) in [6, 6.07) is 0. The highest BCUT2D eigenvalue weighted by Gasteiger charge is 3.01. The number of rotatable bonds is 8. The van der Waals surface area contributed by atoms with Gasteiger partial charge in [-0.15, -0.1) is 0 Å². The summed E-state index contributed by atoms with van der Waals surface area (Å²) >= 11 is 0. The van der Waals surface area contributed by atoms with Crippen LogP contribution in [0, 0.1) is 5.41 Å². The van der Waals surface area contributed by atoms with E-state index < -0.39 is 16.2 Å². The summed E-state index contributed by atoms with van der Waals surface area (Å²) in [7, 11) is 0. The summed E-state index contributed by atoms with van der Waals surface area (Å²) in [6.45, 7) is 1.74. The smallest absolute Gasteiger partial charge is 0.326 e. The van der Waals surface area contributed by atoms with Crippen molar-refractivity contribution >= 4 is 303 Å². The number of hydrogen-bond donors (Lipinski definition) is 2. The average Bonchev–Trinajstić information content (AvgIpc) is 3.76. The Kier molecular flexibility index (Phi) is 2.76. The van der Waals surface area contributed by atoms with Crippen molar-refractivity contribution in [2.24, 2.45) is 5.41 Å². The SMILES string of the molecule is [NH3+]CCCOC(=O)C1(C(=O)OCCC[NH3+])C23c4c5c6c7c8c9c(c%10c%11c2c2c4c4c%12c5c5c6c6c8c8c%13c9c9c%10c%10c%11c%11c2c2c4c4c%12c%12c5c5c6c8c6c8c%13c9c9c%10c%10c%11c2c2c4c4c%12c5c6c5c8c9c%10c2c45)C713. The highest BCUT2D eigenvalue weighted by atomic mass is 16.6. The summed E-state index contributed by atoms with van der Waals surface area (Å²) in [6.07, 6.45) is 1.27. The minimum Gasteiger partial charge on any atom is -0.465 e. The molecule has 0 atom stereocenters. The minimum absolute atomic E-state index is 0.224. The molecule has 0 saturated heterocycles. The van der Waals surface area contributed by atoms with E-state index in [-0.39, 0.29) is 25.2 Å². The molecule has 75 heavy (non-hydrogen) atoms. The van der Waals surface area contributed by atoms with Crippen molar-refractivity contribution in [1.29, 1.82) is 0 Å². The Hall–Kier alpha value is -8.68. The Morgan fingerprint density at radius 2 is 0.373 bits per heavy atom. The van der Waals surface area contributed by atoms with Crippen LogP contribution in [-0.4, -0.2) is 38.2 Å². The standard InChI is InChI=1S/C69H16N2O4/c70-3-1-5-74-65(72)69(66(73)75-6-2-4-71)67-61-53-45-35-25-17-9-7-8-11-15-13(9)21-29-23(15)33-27-19(11)20-12(8)16-14-10(7)18(17)26-32-22(14)30-24(16)34-28(20)38-37(27)47-41(33)51-43(29)49(39(45)31(21)25)57(61)59(51)63-55(47)56-48(38)42(34)52-44(30)50-40(32)46(36(26)35)54(53)62(67)58(50)60(52)64(56)68(63,67)69/h1-6,70-71H2/p+2. The van der Waals surface area contributed by atoms with Crippen LogP contribution < -0.4 is 11.5 Å². The molecule has 0 heterocycles. The van der Waals surface area contributed by atoms with Gasteiger partial charge in [-0.25, -0.2) is 0 Å². The number of carbonyl (C=O) groups is 2. The molecule has 6 nitrogen and oxygen atoms in total. The molecule has 0 bridgehead atoms. The second-order valence-corrected chi connectivity index (χ2v) is 26.7. The lowest BCUT2D eigenvalue weighted by atomic mass is 9.68. The van der Waals surface area contributed by atoms with Crippen LogP contribution >= 0.6 is 0 Å². The normalized spacial score (nSPS) is 19.5. The van der Waals surface area contributed by atoms with Crippen molar-refractivity contribution in [3.63, 3.8) is 0 Å². The predicted molar refractivity (Wildman–Crippen MR) is 303 cm³/mol. The molecular weight excluding hydrogens is 921 g/mol. The van der Waals surface area contributed by atoms with Gasteiger partial charge >= 0.3 is 11.9 Å². The first-order valence-corrected chi connectivity index (χ1v) is 27.9. The van der Waals surface area contributed by atoms with Crippen molar-refractivity contribution in [3.8, 4) is 0 Å². The van der Waals surface area contributed by atoms with E-state index in [0.29, 0.717) is 25.9 Å². The summed E-state index contributed by atoms with van der Waals surface area (Å²) in [4.78, 5) is 34.0. The largest absolute Gasteiger partial charge is 0.465 e. The summed E-state index contributed by atoms with van der Waals surface area (Å²) in [5, 5.41) is 80.1. The molecule has 6 heteroatoms. The van der Waals surface area contributed by atoms with Gasteiger partial charge in [0.2, 0.25) is 0 Å². The average molecular weight is 939 g/mol. The molecule has 5 aliphatic rings. The number of quaternary nitrogens is 2. The fourth-order valence-corrected chi connectivity index (χ4v) is 26.0. The van der Waals surface area contributed by atoms with Crippen molar-refractivity contribution in [1.82, 2.24) is 0 Å². The van der Waals surface area contributed by atoms with Gasteiger partial charge in [-0.3, -0.25) is 9.59 Å². The second-order valence-electron chi connectivity index (χ2n) is 26.7. The van der Waals surface area contributed by atoms with Crippen LogP contribution in [0.3, 0.4) is 0 Å². The van der Waals surface area contributed by atoms with E-state index in [9.17, 15) is 0 Å². The molecule has 326 valence electrons. The number of hydrogen-bond acceptors (Lipinski definition) is 4. The Balaban J connectivity index is 1.10. The quantitative estimate of drug-likeness (QED) is 0.0685. The second kappa shape index (κ2) is 6.94. The van der Waals surface area contributed by atoms with Crippen molar-refractivity contribution < 1.29 is 30.5 Å². The van der Waals surface area contributed by atoms with Crippen molar-refractivity contribution in [2.75, 3.05) is 26.3 Å². The molecule has 33 rings (SSSR count). The van der Waals surface area contributed by atoms with E-state index in [1.807, 2.05) is 0 Å². The van der Waals surface area contributed by atoms with E-state index in [0.717, 1.165) is 0 Å². The zero-order chi connectivity index (χ0) is 45.8. The Bertz CT molecular complexity index is 6810. The van der Waals surface area contributed by atoms with Crippen LogP contribution in [-0.2, 0) is 29.9 Å². The van der Waals surface area contributed by atoms with Gasteiger partial charge in [0, 0.05) is 12.8 Å². The lowest BCUT2D eigenvalue weighted by molar-refractivity contribution is -0.369. The van der Waals surface area contributed by atoms with Gasteiger partial charge in [0.25, 0.3) is 0 Å². The van der Waals surface area contributed by atoms with Gasteiger partial charge in [-0.2, -0.15) is 0 Å². The molecule has 0 aromatic heterocycles. The molecule has 1 fully saturated rings. The molecule has 6 N–H and O–H groups in total. The van der Waals surface area contributed by atoms with Gasteiger partial charge < -0.3 is 20.9 Å². The van der Waals surface area contributed by atoms with Gasteiger partial charge in [0.1, 0.15) is 0 Å². The zero-order valence-corrected chi connectivity index (χ0v) is 38.8. The molecule has 0 unspecified atom stereocenters. The van der Waals surface area contributed by atoms with Gasteiger partial charge in [-0.05, 0) is 313 Å². The third kappa shape index (κ3) is 1.62. The summed E-state index contributed by atoms with van der Waals surface area (Å²) < 4.78 is 13.8. The third-order valence-corrected chi connectivity index (χ3v) is 26.2. The lowest BCUT2D eigenvalue weighted by Gasteiger charge is -2.32. The van der Waals surface area contributed by atoms with Crippen LogP contribution in [0.2, 0.25) is 0 Å². The molecule has 0 amide bonds. The molecule has 0 radical (unpaired) electrons. The highest BCUT2D eigenvalue weighted by molar-refractivity contribution is 6.82. The lowest BCUT2D eigenvalue weighted by Crippen LogP contribution is -2.51. The fourth-order valence-electron chi connectivity index (χ4n) is 26.0. The first kappa shape index (κ1) is 29.9. The van der Waals surface area contributed by atoms with E-state index in [4.69, 9.17) is 9.47 Å². The van der Waals surface area contributed by atoms with E-state index in [1.54, 1.807) is 75.4 Å². The van der Waals surface area contributed by atoms with Gasteiger partial charge in [-0.1, -0.05) is 0 Å². The maximum atomic E-state index is 17.0. The minimum atomic E-state index is -1.70.